The molecule has 1 fully saturated rings. The van der Waals surface area contributed by atoms with Gasteiger partial charge < -0.3 is 10.2 Å². The molecule has 1 aromatic carbocycles. The lowest BCUT2D eigenvalue weighted by atomic mass is 10.2. The maximum atomic E-state index is 12.5. The summed E-state index contributed by atoms with van der Waals surface area (Å²) < 4.78 is 1.06. The zero-order valence-electron chi connectivity index (χ0n) is 11.8. The van der Waals surface area contributed by atoms with Crippen molar-refractivity contribution in [3.8, 4) is 10.4 Å². The van der Waals surface area contributed by atoms with Crippen LogP contribution in [0, 0.1) is 0 Å². The molecule has 1 aliphatic rings. The van der Waals surface area contributed by atoms with Gasteiger partial charge in [0, 0.05) is 29.0 Å². The molecule has 3 rings (SSSR count). The zero-order valence-corrected chi connectivity index (χ0v) is 14.2. The van der Waals surface area contributed by atoms with E-state index in [4.69, 9.17) is 0 Å². The summed E-state index contributed by atoms with van der Waals surface area (Å²) >= 11 is 5.00. The fourth-order valence-corrected chi connectivity index (χ4v) is 3.79. The van der Waals surface area contributed by atoms with Gasteiger partial charge in [-0.2, -0.15) is 0 Å². The highest BCUT2D eigenvalue weighted by Crippen LogP contribution is 2.30. The van der Waals surface area contributed by atoms with Crippen LogP contribution in [0.1, 0.15) is 16.1 Å². The molecule has 1 atom stereocenters. The molecule has 0 bridgehead atoms. The Bertz CT molecular complexity index is 632. The molecule has 1 N–H and O–H groups in total. The second-order valence-corrected chi connectivity index (χ2v) is 7.23. The van der Waals surface area contributed by atoms with Gasteiger partial charge >= 0.3 is 0 Å². The lowest BCUT2D eigenvalue weighted by Gasteiger charge is -2.22. The third kappa shape index (κ3) is 3.20. The van der Waals surface area contributed by atoms with E-state index in [1.54, 1.807) is 11.3 Å². The van der Waals surface area contributed by atoms with Crippen LogP contribution >= 0.6 is 27.3 Å². The number of carbonyl (C=O) groups is 1. The van der Waals surface area contributed by atoms with Crippen LogP contribution < -0.4 is 5.32 Å². The fourth-order valence-electron chi connectivity index (χ4n) is 2.53. The van der Waals surface area contributed by atoms with Crippen molar-refractivity contribution in [1.29, 1.82) is 0 Å². The highest BCUT2D eigenvalue weighted by molar-refractivity contribution is 9.10. The van der Waals surface area contributed by atoms with Crippen molar-refractivity contribution in [2.75, 3.05) is 20.1 Å². The van der Waals surface area contributed by atoms with Crippen LogP contribution in [0.3, 0.4) is 0 Å². The summed E-state index contributed by atoms with van der Waals surface area (Å²) in [4.78, 5) is 16.3. The summed E-state index contributed by atoms with van der Waals surface area (Å²) in [6, 6.07) is 12.4. The van der Waals surface area contributed by atoms with E-state index in [1.807, 2.05) is 36.2 Å². The quantitative estimate of drug-likeness (QED) is 0.901. The summed E-state index contributed by atoms with van der Waals surface area (Å²) in [6.45, 7) is 1.89. The Hall–Kier alpha value is -1.17. The molecule has 3 nitrogen and oxygen atoms in total. The van der Waals surface area contributed by atoms with Crippen molar-refractivity contribution in [3.63, 3.8) is 0 Å². The molecule has 21 heavy (non-hydrogen) atoms. The van der Waals surface area contributed by atoms with Gasteiger partial charge in [0.05, 0.1) is 4.88 Å². The van der Waals surface area contributed by atoms with Crippen molar-refractivity contribution in [3.05, 3.63) is 45.7 Å². The van der Waals surface area contributed by atoms with Gasteiger partial charge in [0.25, 0.3) is 5.91 Å². The molecule has 1 amide bonds. The van der Waals surface area contributed by atoms with Gasteiger partial charge in [-0.15, -0.1) is 11.3 Å². The number of nitrogens with one attached hydrogen (secondary N) is 1. The number of carbonyl (C=O) groups excluding carboxylic acids is 1. The Morgan fingerprint density at radius 3 is 2.71 bits per heavy atom. The molecular weight excluding hydrogens is 348 g/mol. The second kappa shape index (κ2) is 6.30. The van der Waals surface area contributed by atoms with E-state index < -0.39 is 0 Å². The van der Waals surface area contributed by atoms with Crippen molar-refractivity contribution in [1.82, 2.24) is 10.2 Å². The molecule has 1 saturated heterocycles. The number of amides is 1. The van der Waals surface area contributed by atoms with Crippen molar-refractivity contribution in [2.45, 2.75) is 12.5 Å². The first-order chi connectivity index (χ1) is 10.1. The lowest BCUT2D eigenvalue weighted by molar-refractivity contribution is 0.0748. The molecular formula is C16H17BrN2OS. The maximum Gasteiger partial charge on any atom is 0.263 e. The van der Waals surface area contributed by atoms with E-state index in [1.165, 1.54) is 0 Å². The van der Waals surface area contributed by atoms with Gasteiger partial charge in [-0.1, -0.05) is 28.1 Å². The molecule has 5 heteroatoms. The first-order valence-electron chi connectivity index (χ1n) is 6.99. The maximum absolute atomic E-state index is 12.5. The van der Waals surface area contributed by atoms with Crippen LogP contribution in [-0.4, -0.2) is 37.0 Å². The van der Waals surface area contributed by atoms with Gasteiger partial charge in [-0.25, -0.2) is 0 Å². The van der Waals surface area contributed by atoms with Crippen molar-refractivity contribution >= 4 is 33.2 Å². The highest BCUT2D eigenvalue weighted by atomic mass is 79.9. The Kier molecular flexibility index (Phi) is 4.42. The second-order valence-electron chi connectivity index (χ2n) is 5.23. The minimum absolute atomic E-state index is 0.122. The molecule has 0 radical (unpaired) electrons. The van der Waals surface area contributed by atoms with Crippen LogP contribution in [0.5, 0.6) is 0 Å². The van der Waals surface area contributed by atoms with Crippen molar-refractivity contribution < 1.29 is 4.79 Å². The zero-order chi connectivity index (χ0) is 14.8. The Morgan fingerprint density at radius 1 is 1.29 bits per heavy atom. The third-order valence-electron chi connectivity index (χ3n) is 3.85. The van der Waals surface area contributed by atoms with Crippen LogP contribution in [0.15, 0.2) is 40.9 Å². The summed E-state index contributed by atoms with van der Waals surface area (Å²) in [5.74, 6) is 0.122. The van der Waals surface area contributed by atoms with E-state index in [2.05, 4.69) is 33.4 Å². The average molecular weight is 365 g/mol. The van der Waals surface area contributed by atoms with Crippen LogP contribution in [0.25, 0.3) is 10.4 Å². The Labute approximate surface area is 137 Å². The predicted molar refractivity (Wildman–Crippen MR) is 90.8 cm³/mol. The molecule has 0 spiro atoms. The van der Waals surface area contributed by atoms with E-state index in [0.29, 0.717) is 6.04 Å². The first-order valence-corrected chi connectivity index (χ1v) is 8.60. The molecule has 1 unspecified atom stereocenters. The van der Waals surface area contributed by atoms with Gasteiger partial charge in [-0.3, -0.25) is 4.79 Å². The molecule has 1 aromatic heterocycles. The number of benzene rings is 1. The average Bonchev–Trinajstić information content (AvgIpc) is 3.18. The summed E-state index contributed by atoms with van der Waals surface area (Å²) in [7, 11) is 1.90. The molecule has 2 heterocycles. The van der Waals surface area contributed by atoms with E-state index >= 15 is 0 Å². The van der Waals surface area contributed by atoms with Crippen molar-refractivity contribution in [2.24, 2.45) is 0 Å². The fraction of sp³-hybridized carbons (Fsp3) is 0.312. The lowest BCUT2D eigenvalue weighted by Crippen LogP contribution is -2.37. The van der Waals surface area contributed by atoms with E-state index in [9.17, 15) is 4.79 Å². The largest absolute Gasteiger partial charge is 0.337 e. The van der Waals surface area contributed by atoms with Gasteiger partial charge in [0.2, 0.25) is 0 Å². The smallest absolute Gasteiger partial charge is 0.263 e. The highest BCUT2D eigenvalue weighted by Gasteiger charge is 2.24. The summed E-state index contributed by atoms with van der Waals surface area (Å²) in [5.41, 5.74) is 1.15. The predicted octanol–water partition coefficient (Wildman–Crippen LogP) is 3.61. The third-order valence-corrected chi connectivity index (χ3v) is 5.50. The number of hydrogen-bond donors (Lipinski definition) is 1. The number of likely N-dealkylation sites (N-methyl/N-ethyl adjacent to an activating group) is 1. The summed E-state index contributed by atoms with van der Waals surface area (Å²) in [6.07, 6.45) is 1.03. The molecule has 110 valence electrons. The SMILES string of the molecule is CN(C(=O)c1ccc(-c2ccc(Br)cc2)s1)C1CCNC1. The Balaban J connectivity index is 1.77. The number of thiophene rings is 1. The minimum atomic E-state index is 0.122. The number of rotatable bonds is 3. The molecule has 0 aliphatic carbocycles. The van der Waals surface area contributed by atoms with Crippen LogP contribution in [0.4, 0.5) is 0 Å². The van der Waals surface area contributed by atoms with Gasteiger partial charge in [0.1, 0.15) is 0 Å². The monoisotopic (exact) mass is 364 g/mol. The molecule has 2 aromatic rings. The normalized spacial score (nSPS) is 17.9. The van der Waals surface area contributed by atoms with Crippen LogP contribution in [-0.2, 0) is 0 Å². The molecule has 0 saturated carbocycles. The number of hydrogen-bond acceptors (Lipinski definition) is 3. The number of halogens is 1. The first kappa shape index (κ1) is 14.8. The van der Waals surface area contributed by atoms with Crippen LogP contribution in [0.2, 0.25) is 0 Å². The minimum Gasteiger partial charge on any atom is -0.337 e. The number of nitrogens with zero attached hydrogens (tertiary/aromatic N) is 1. The molecule has 1 aliphatic heterocycles. The van der Waals surface area contributed by atoms with Gasteiger partial charge in [0.15, 0.2) is 0 Å². The van der Waals surface area contributed by atoms with E-state index in [-0.39, 0.29) is 5.91 Å². The topological polar surface area (TPSA) is 32.3 Å². The standard InChI is InChI=1S/C16H17BrN2OS/c1-19(13-8-9-18-10-13)16(20)15-7-6-14(21-15)11-2-4-12(17)5-3-11/h2-7,13,18H,8-10H2,1H3. The Morgan fingerprint density at radius 2 is 2.05 bits per heavy atom. The van der Waals surface area contributed by atoms with Gasteiger partial charge in [-0.05, 0) is 42.8 Å². The van der Waals surface area contributed by atoms with E-state index in [0.717, 1.165) is 39.3 Å². The summed E-state index contributed by atoms with van der Waals surface area (Å²) in [5, 5.41) is 3.30.